The molecule has 1 aliphatic rings. The second-order valence-corrected chi connectivity index (χ2v) is 4.00. The Labute approximate surface area is 72.5 Å². The van der Waals surface area contributed by atoms with Crippen LogP contribution in [0.5, 0.6) is 0 Å². The summed E-state index contributed by atoms with van der Waals surface area (Å²) in [5.74, 6) is 0.624. The zero-order valence-corrected chi connectivity index (χ0v) is 7.93. The monoisotopic (exact) mass is 175 g/mol. The number of alkyl halides is 1. The Hall–Kier alpha value is -0.240. The van der Waals surface area contributed by atoms with Crippen molar-refractivity contribution in [2.45, 2.75) is 32.2 Å². The lowest BCUT2D eigenvalue weighted by Crippen LogP contribution is -2.61. The molecule has 11 heavy (non-hydrogen) atoms. The molecule has 64 valence electrons. The van der Waals surface area contributed by atoms with Crippen molar-refractivity contribution in [3.63, 3.8) is 0 Å². The van der Waals surface area contributed by atoms with E-state index in [2.05, 4.69) is 13.8 Å². The van der Waals surface area contributed by atoms with Gasteiger partial charge in [0, 0.05) is 6.54 Å². The predicted octanol–water partition coefficient (Wildman–Crippen LogP) is 1.48. The van der Waals surface area contributed by atoms with Gasteiger partial charge in [0.15, 0.2) is 0 Å². The van der Waals surface area contributed by atoms with Crippen molar-refractivity contribution in [1.29, 1.82) is 0 Å². The molecule has 2 unspecified atom stereocenters. The van der Waals surface area contributed by atoms with E-state index in [4.69, 9.17) is 11.6 Å². The first-order valence-electron chi connectivity index (χ1n) is 3.98. The molecule has 0 aromatic carbocycles. The predicted molar refractivity (Wildman–Crippen MR) is 45.7 cm³/mol. The van der Waals surface area contributed by atoms with Crippen LogP contribution in [0.25, 0.3) is 0 Å². The van der Waals surface area contributed by atoms with Crippen molar-refractivity contribution in [2.24, 2.45) is 5.92 Å². The number of carbonyl (C=O) groups is 1. The lowest BCUT2D eigenvalue weighted by Gasteiger charge is -2.43. The topological polar surface area (TPSA) is 20.3 Å². The maximum absolute atomic E-state index is 11.1. The van der Waals surface area contributed by atoms with Gasteiger partial charge in [-0.25, -0.2) is 0 Å². The molecule has 3 heteroatoms. The summed E-state index contributed by atoms with van der Waals surface area (Å²) in [4.78, 5) is 12.9. The fraction of sp³-hybridized carbons (Fsp3) is 0.875. The number of likely N-dealkylation sites (tertiary alicyclic amines) is 1. The molecule has 1 heterocycles. The van der Waals surface area contributed by atoms with Gasteiger partial charge < -0.3 is 4.90 Å². The van der Waals surface area contributed by atoms with E-state index in [-0.39, 0.29) is 17.3 Å². The Balaban J connectivity index is 2.43. The van der Waals surface area contributed by atoms with Crippen LogP contribution in [-0.4, -0.2) is 28.8 Å². The summed E-state index contributed by atoms with van der Waals surface area (Å²) >= 11 is 5.74. The highest BCUT2D eigenvalue weighted by Crippen LogP contribution is 2.25. The first kappa shape index (κ1) is 8.85. The SMILES string of the molecule is CC(C)CN1C(=O)C(Cl)C1C. The van der Waals surface area contributed by atoms with Crippen molar-refractivity contribution in [3.05, 3.63) is 0 Å². The van der Waals surface area contributed by atoms with Crippen molar-refractivity contribution in [1.82, 2.24) is 4.90 Å². The summed E-state index contributed by atoms with van der Waals surface area (Å²) in [5.41, 5.74) is 0. The van der Waals surface area contributed by atoms with Crippen LogP contribution in [0, 0.1) is 5.92 Å². The van der Waals surface area contributed by atoms with Crippen LogP contribution in [0.15, 0.2) is 0 Å². The van der Waals surface area contributed by atoms with E-state index in [1.807, 2.05) is 11.8 Å². The molecule has 0 radical (unpaired) electrons. The van der Waals surface area contributed by atoms with Crippen LogP contribution in [0.1, 0.15) is 20.8 Å². The number of rotatable bonds is 2. The number of amides is 1. The molecule has 1 aliphatic heterocycles. The van der Waals surface area contributed by atoms with Crippen LogP contribution in [0.2, 0.25) is 0 Å². The van der Waals surface area contributed by atoms with Crippen LogP contribution in [0.3, 0.4) is 0 Å². The number of nitrogens with zero attached hydrogens (tertiary/aromatic N) is 1. The third-order valence-corrected chi connectivity index (χ3v) is 2.55. The summed E-state index contributed by atoms with van der Waals surface area (Å²) in [5, 5.41) is -0.270. The molecular formula is C8H14ClNO. The van der Waals surface area contributed by atoms with Crippen LogP contribution < -0.4 is 0 Å². The molecule has 2 nitrogen and oxygen atoms in total. The quantitative estimate of drug-likeness (QED) is 0.460. The number of hydrogen-bond donors (Lipinski definition) is 0. The lowest BCUT2D eigenvalue weighted by molar-refractivity contribution is -0.144. The fourth-order valence-electron chi connectivity index (χ4n) is 1.29. The van der Waals surface area contributed by atoms with Crippen LogP contribution in [-0.2, 0) is 4.79 Å². The first-order valence-corrected chi connectivity index (χ1v) is 4.42. The van der Waals surface area contributed by atoms with Crippen molar-refractivity contribution < 1.29 is 4.79 Å². The maximum atomic E-state index is 11.1. The fourth-order valence-corrected chi connectivity index (χ4v) is 1.55. The van der Waals surface area contributed by atoms with E-state index in [9.17, 15) is 4.79 Å². The molecule has 0 aliphatic carbocycles. The number of halogens is 1. The molecule has 1 saturated heterocycles. The third-order valence-electron chi connectivity index (χ3n) is 2.00. The molecule has 1 amide bonds. The number of carbonyl (C=O) groups excluding carboxylic acids is 1. The zero-order valence-electron chi connectivity index (χ0n) is 7.17. The minimum absolute atomic E-state index is 0.0906. The standard InChI is InChI=1S/C8H14ClNO/c1-5(2)4-10-6(3)7(9)8(10)11/h5-7H,4H2,1-3H3. The van der Waals surface area contributed by atoms with E-state index in [0.29, 0.717) is 5.92 Å². The molecule has 0 aromatic heterocycles. The highest BCUT2D eigenvalue weighted by Gasteiger charge is 2.42. The van der Waals surface area contributed by atoms with Crippen molar-refractivity contribution in [2.75, 3.05) is 6.54 Å². The van der Waals surface area contributed by atoms with Crippen molar-refractivity contribution >= 4 is 17.5 Å². The molecule has 1 fully saturated rings. The van der Waals surface area contributed by atoms with Crippen LogP contribution in [0.4, 0.5) is 0 Å². The highest BCUT2D eigenvalue weighted by atomic mass is 35.5. The summed E-state index contributed by atoms with van der Waals surface area (Å²) in [6.07, 6.45) is 0. The summed E-state index contributed by atoms with van der Waals surface area (Å²) in [7, 11) is 0. The van der Waals surface area contributed by atoms with Gasteiger partial charge in [-0.15, -0.1) is 11.6 Å². The van der Waals surface area contributed by atoms with Gasteiger partial charge in [0.05, 0.1) is 6.04 Å². The molecule has 0 aromatic rings. The minimum Gasteiger partial charge on any atom is -0.336 e. The lowest BCUT2D eigenvalue weighted by atomic mass is 10.0. The molecule has 0 N–H and O–H groups in total. The molecule has 1 rings (SSSR count). The minimum atomic E-state index is -0.270. The van der Waals surface area contributed by atoms with Gasteiger partial charge in [-0.2, -0.15) is 0 Å². The van der Waals surface area contributed by atoms with E-state index in [1.54, 1.807) is 0 Å². The average Bonchev–Trinajstić information content (AvgIpc) is 1.98. The Bertz CT molecular complexity index is 169. The summed E-state index contributed by atoms with van der Waals surface area (Å²) in [6, 6.07) is 0.228. The van der Waals surface area contributed by atoms with E-state index in [1.165, 1.54) is 0 Å². The Kier molecular flexibility index (Phi) is 2.43. The van der Waals surface area contributed by atoms with Gasteiger partial charge in [-0.05, 0) is 12.8 Å². The highest BCUT2D eigenvalue weighted by molar-refractivity contribution is 6.33. The Morgan fingerprint density at radius 1 is 1.64 bits per heavy atom. The van der Waals surface area contributed by atoms with Gasteiger partial charge in [-0.1, -0.05) is 13.8 Å². The first-order chi connectivity index (χ1) is 5.04. The second kappa shape index (κ2) is 3.02. The van der Waals surface area contributed by atoms with Gasteiger partial charge in [-0.3, -0.25) is 4.79 Å². The second-order valence-electron chi connectivity index (χ2n) is 3.53. The molecule has 2 atom stereocenters. The van der Waals surface area contributed by atoms with Gasteiger partial charge >= 0.3 is 0 Å². The van der Waals surface area contributed by atoms with E-state index < -0.39 is 0 Å². The van der Waals surface area contributed by atoms with Gasteiger partial charge in [0.1, 0.15) is 5.38 Å². The molecule has 0 spiro atoms. The molecular weight excluding hydrogens is 162 g/mol. The third kappa shape index (κ3) is 1.51. The van der Waals surface area contributed by atoms with E-state index >= 15 is 0 Å². The normalized spacial score (nSPS) is 31.0. The van der Waals surface area contributed by atoms with Gasteiger partial charge in [0.2, 0.25) is 5.91 Å². The largest absolute Gasteiger partial charge is 0.336 e. The summed E-state index contributed by atoms with van der Waals surface area (Å²) < 4.78 is 0. The van der Waals surface area contributed by atoms with Gasteiger partial charge in [0.25, 0.3) is 0 Å². The number of β-lactam (4-membered cyclic amide) rings is 1. The average molecular weight is 176 g/mol. The number of hydrogen-bond acceptors (Lipinski definition) is 1. The smallest absolute Gasteiger partial charge is 0.243 e. The Morgan fingerprint density at radius 3 is 2.55 bits per heavy atom. The van der Waals surface area contributed by atoms with Crippen molar-refractivity contribution in [3.8, 4) is 0 Å². The van der Waals surface area contributed by atoms with E-state index in [0.717, 1.165) is 6.54 Å². The summed E-state index contributed by atoms with van der Waals surface area (Å²) in [6.45, 7) is 7.02. The molecule has 0 bridgehead atoms. The maximum Gasteiger partial charge on any atom is 0.243 e. The van der Waals surface area contributed by atoms with Crippen LogP contribution >= 0.6 is 11.6 Å². The zero-order chi connectivity index (χ0) is 8.59. The molecule has 0 saturated carbocycles. The Morgan fingerprint density at radius 2 is 2.18 bits per heavy atom.